The molecule has 3 heterocycles. The summed E-state index contributed by atoms with van der Waals surface area (Å²) in [6.45, 7) is 0.780. The molecule has 0 atom stereocenters. The Morgan fingerprint density at radius 1 is 1.23 bits per heavy atom. The Kier molecular flexibility index (Phi) is 5.57. The van der Waals surface area contributed by atoms with Crippen LogP contribution in [0.3, 0.4) is 0 Å². The molecule has 2 aliphatic rings. The summed E-state index contributed by atoms with van der Waals surface area (Å²) in [6, 6.07) is 11.5. The molecule has 2 aliphatic heterocycles. The van der Waals surface area contributed by atoms with Gasteiger partial charge in [0.1, 0.15) is 22.1 Å². The van der Waals surface area contributed by atoms with Crippen LogP contribution >= 0.6 is 11.3 Å². The molecule has 178 valence electrons. The molecular weight excluding hydrogens is 468 g/mol. The summed E-state index contributed by atoms with van der Waals surface area (Å²) in [5.74, 6) is 0.838. The number of benzene rings is 2. The Hall–Kier alpha value is -4.10. The molecule has 0 unspecified atom stereocenters. The first-order valence-electron chi connectivity index (χ1n) is 11.0. The van der Waals surface area contributed by atoms with Crippen LogP contribution in [0, 0.1) is 11.3 Å². The topological polar surface area (TPSA) is 135 Å². The van der Waals surface area contributed by atoms with Crippen LogP contribution in [0.2, 0.25) is 0 Å². The van der Waals surface area contributed by atoms with E-state index in [1.165, 1.54) is 11.3 Å². The number of anilines is 1. The summed E-state index contributed by atoms with van der Waals surface area (Å²) >= 11 is 1.26. The molecule has 10 heteroatoms. The van der Waals surface area contributed by atoms with Gasteiger partial charge in [-0.15, -0.1) is 11.3 Å². The van der Waals surface area contributed by atoms with Gasteiger partial charge in [0, 0.05) is 36.0 Å². The quantitative estimate of drug-likeness (QED) is 0.572. The van der Waals surface area contributed by atoms with Gasteiger partial charge in [-0.05, 0) is 36.4 Å². The van der Waals surface area contributed by atoms with Gasteiger partial charge >= 0.3 is 6.03 Å². The lowest BCUT2D eigenvalue weighted by atomic mass is 9.82. The third-order valence-electron chi connectivity index (χ3n) is 6.53. The summed E-state index contributed by atoms with van der Waals surface area (Å²) in [5.41, 5.74) is 5.89. The van der Waals surface area contributed by atoms with Gasteiger partial charge in [0.2, 0.25) is 0 Å². The maximum absolute atomic E-state index is 13.6. The van der Waals surface area contributed by atoms with Gasteiger partial charge < -0.3 is 20.1 Å². The SMILES string of the molecule is COc1ccc2c(C(=O)N3CCC4(CC3)CC(=O)c3cc(C#N)ccc3O4)c(NC(N)=O)sc2c1. The van der Waals surface area contributed by atoms with Crippen molar-refractivity contribution in [2.45, 2.75) is 24.9 Å². The molecule has 3 aromatic rings. The molecular formula is C25H22N4O5S. The van der Waals surface area contributed by atoms with E-state index in [0.29, 0.717) is 64.5 Å². The van der Waals surface area contributed by atoms with Crippen LogP contribution in [0.5, 0.6) is 11.5 Å². The van der Waals surface area contributed by atoms with Crippen LogP contribution in [-0.4, -0.2) is 48.4 Å². The second-order valence-corrected chi connectivity index (χ2v) is 9.71. The van der Waals surface area contributed by atoms with Gasteiger partial charge in [-0.1, -0.05) is 0 Å². The summed E-state index contributed by atoms with van der Waals surface area (Å²) in [6.07, 6.45) is 1.17. The number of hydrogen-bond donors (Lipinski definition) is 2. The van der Waals surface area contributed by atoms with Crippen molar-refractivity contribution in [3.63, 3.8) is 0 Å². The molecule has 3 N–H and O–H groups in total. The molecule has 0 aliphatic carbocycles. The highest BCUT2D eigenvalue weighted by molar-refractivity contribution is 7.23. The zero-order chi connectivity index (χ0) is 24.7. The lowest BCUT2D eigenvalue weighted by Crippen LogP contribution is -2.52. The number of likely N-dealkylation sites (tertiary alicyclic amines) is 1. The number of primary amides is 1. The summed E-state index contributed by atoms with van der Waals surface area (Å²) < 4.78 is 12.3. The Bertz CT molecular complexity index is 1420. The van der Waals surface area contributed by atoms with Crippen molar-refractivity contribution < 1.29 is 23.9 Å². The molecule has 1 saturated heterocycles. The normalized spacial score (nSPS) is 16.3. The van der Waals surface area contributed by atoms with Crippen LogP contribution in [0.4, 0.5) is 9.80 Å². The van der Waals surface area contributed by atoms with E-state index in [1.54, 1.807) is 42.3 Å². The zero-order valence-corrected chi connectivity index (χ0v) is 19.7. The van der Waals surface area contributed by atoms with Crippen molar-refractivity contribution in [3.8, 4) is 17.6 Å². The van der Waals surface area contributed by atoms with Crippen LogP contribution in [0.1, 0.15) is 45.5 Å². The number of ether oxygens (including phenoxy) is 2. The highest BCUT2D eigenvalue weighted by Crippen LogP contribution is 2.42. The van der Waals surface area contributed by atoms with E-state index in [4.69, 9.17) is 20.5 Å². The minimum Gasteiger partial charge on any atom is -0.497 e. The maximum Gasteiger partial charge on any atom is 0.317 e. The number of nitriles is 1. The van der Waals surface area contributed by atoms with Gasteiger partial charge in [0.15, 0.2) is 5.78 Å². The number of methoxy groups -OCH3 is 1. The number of ketones is 1. The summed E-state index contributed by atoms with van der Waals surface area (Å²) in [7, 11) is 1.56. The molecule has 1 fully saturated rings. The van der Waals surface area contributed by atoms with Gasteiger partial charge in [0.25, 0.3) is 5.91 Å². The first kappa shape index (κ1) is 22.7. The van der Waals surface area contributed by atoms with Crippen molar-refractivity contribution in [1.29, 1.82) is 5.26 Å². The van der Waals surface area contributed by atoms with E-state index in [1.807, 2.05) is 12.1 Å². The molecule has 1 spiro atoms. The lowest BCUT2D eigenvalue weighted by molar-refractivity contribution is -0.00563. The molecule has 0 radical (unpaired) electrons. The Morgan fingerprint density at radius 3 is 2.69 bits per heavy atom. The number of nitrogens with two attached hydrogens (primary N) is 1. The first-order valence-corrected chi connectivity index (χ1v) is 11.9. The number of hydrogen-bond acceptors (Lipinski definition) is 7. The van der Waals surface area contributed by atoms with E-state index in [2.05, 4.69) is 5.32 Å². The average Bonchev–Trinajstić information content (AvgIpc) is 3.20. The fourth-order valence-electron chi connectivity index (χ4n) is 4.73. The molecule has 3 amide bonds. The highest BCUT2D eigenvalue weighted by atomic mass is 32.1. The van der Waals surface area contributed by atoms with Crippen LogP contribution in [0.25, 0.3) is 10.1 Å². The number of nitrogens with zero attached hydrogens (tertiary/aromatic N) is 2. The molecule has 5 rings (SSSR count). The number of piperidine rings is 1. The third kappa shape index (κ3) is 4.04. The molecule has 35 heavy (non-hydrogen) atoms. The van der Waals surface area contributed by atoms with E-state index in [0.717, 1.165) is 4.70 Å². The number of carbonyl (C=O) groups excluding carboxylic acids is 3. The van der Waals surface area contributed by atoms with E-state index < -0.39 is 11.6 Å². The number of urea groups is 1. The van der Waals surface area contributed by atoms with Gasteiger partial charge in [-0.25, -0.2) is 4.79 Å². The fraction of sp³-hybridized carbons (Fsp3) is 0.280. The Balaban J connectivity index is 1.39. The van der Waals surface area contributed by atoms with Crippen LogP contribution < -0.4 is 20.5 Å². The van der Waals surface area contributed by atoms with Crippen LogP contribution in [0.15, 0.2) is 36.4 Å². The van der Waals surface area contributed by atoms with E-state index in [-0.39, 0.29) is 18.1 Å². The number of thiophene rings is 1. The lowest BCUT2D eigenvalue weighted by Gasteiger charge is -2.44. The van der Waals surface area contributed by atoms with Gasteiger partial charge in [-0.3, -0.25) is 14.9 Å². The minimum absolute atomic E-state index is 0.0613. The van der Waals surface area contributed by atoms with Crippen molar-refractivity contribution in [2.24, 2.45) is 5.73 Å². The monoisotopic (exact) mass is 490 g/mol. The standard InChI is InChI=1S/C25H22N4O5S/c1-33-15-3-4-16-20(11-15)35-22(28-24(27)32)21(16)23(31)29-8-6-25(7-9-29)12-18(30)17-10-14(13-26)2-5-19(17)34-25/h2-5,10-11H,6-9,12H2,1H3,(H3,27,28,32). The number of fused-ring (bicyclic) bond motifs is 2. The fourth-order valence-corrected chi connectivity index (χ4v) is 5.86. The number of amides is 3. The van der Waals surface area contributed by atoms with E-state index in [9.17, 15) is 14.4 Å². The number of Topliss-reactive ketones (excluding diaryl/α,β-unsaturated/α-hetero) is 1. The molecule has 2 aromatic carbocycles. The smallest absolute Gasteiger partial charge is 0.317 e. The first-order chi connectivity index (χ1) is 16.8. The number of nitrogens with one attached hydrogen (secondary N) is 1. The number of rotatable bonds is 3. The molecule has 1 aromatic heterocycles. The molecule has 9 nitrogen and oxygen atoms in total. The van der Waals surface area contributed by atoms with Crippen molar-refractivity contribution in [1.82, 2.24) is 4.90 Å². The zero-order valence-electron chi connectivity index (χ0n) is 18.9. The number of carbonyl (C=O) groups is 3. The second kappa shape index (κ2) is 8.60. The Morgan fingerprint density at radius 2 is 2.00 bits per heavy atom. The van der Waals surface area contributed by atoms with Crippen molar-refractivity contribution in [3.05, 3.63) is 53.1 Å². The highest BCUT2D eigenvalue weighted by Gasteiger charge is 2.44. The molecule has 0 saturated carbocycles. The predicted octanol–water partition coefficient (Wildman–Crippen LogP) is 3.91. The molecule has 0 bridgehead atoms. The Labute approximate surface area is 205 Å². The van der Waals surface area contributed by atoms with Crippen molar-refractivity contribution in [2.75, 3.05) is 25.5 Å². The third-order valence-corrected chi connectivity index (χ3v) is 7.60. The van der Waals surface area contributed by atoms with Crippen LogP contribution in [-0.2, 0) is 0 Å². The van der Waals surface area contributed by atoms with Crippen molar-refractivity contribution >= 4 is 44.1 Å². The largest absolute Gasteiger partial charge is 0.497 e. The minimum atomic E-state index is -0.748. The predicted molar refractivity (Wildman–Crippen MR) is 130 cm³/mol. The van der Waals surface area contributed by atoms with E-state index >= 15 is 0 Å². The second-order valence-electron chi connectivity index (χ2n) is 8.66. The van der Waals surface area contributed by atoms with Gasteiger partial charge in [0.05, 0.1) is 36.3 Å². The summed E-state index contributed by atoms with van der Waals surface area (Å²) in [5, 5.41) is 12.8. The maximum atomic E-state index is 13.6. The van der Waals surface area contributed by atoms with Gasteiger partial charge in [-0.2, -0.15) is 5.26 Å². The average molecular weight is 491 g/mol. The summed E-state index contributed by atoms with van der Waals surface area (Å²) in [4.78, 5) is 39.8.